The van der Waals surface area contributed by atoms with E-state index in [1.807, 2.05) is 0 Å². The molecule has 0 spiro atoms. The summed E-state index contributed by atoms with van der Waals surface area (Å²) in [6.45, 7) is 1.17. The predicted octanol–water partition coefficient (Wildman–Crippen LogP) is 2.01. The SMILES string of the molecule is Cc1c([N+](=O)[O-])c(=O)oc2c1c([N+](=O)[O-])nn2-c1ccc([N+](=O)[O-])cc1. The third-order valence-corrected chi connectivity index (χ3v) is 3.60. The molecular formula is C13H7N5O8. The Hall–Kier alpha value is -4.16. The van der Waals surface area contributed by atoms with Crippen molar-refractivity contribution in [3.05, 3.63) is 70.6 Å². The van der Waals surface area contributed by atoms with Gasteiger partial charge in [0.2, 0.25) is 0 Å². The Morgan fingerprint density at radius 3 is 2.12 bits per heavy atom. The van der Waals surface area contributed by atoms with Crippen LogP contribution in [0, 0.1) is 37.3 Å². The maximum Gasteiger partial charge on any atom is 0.416 e. The van der Waals surface area contributed by atoms with Crippen LogP contribution >= 0.6 is 0 Å². The molecular weight excluding hydrogens is 354 g/mol. The van der Waals surface area contributed by atoms with Gasteiger partial charge >= 0.3 is 17.1 Å². The monoisotopic (exact) mass is 361 g/mol. The highest BCUT2D eigenvalue weighted by Crippen LogP contribution is 2.32. The van der Waals surface area contributed by atoms with Gasteiger partial charge in [0.05, 0.1) is 26.2 Å². The first-order valence-corrected chi connectivity index (χ1v) is 6.82. The summed E-state index contributed by atoms with van der Waals surface area (Å²) < 4.78 is 5.78. The fourth-order valence-corrected chi connectivity index (χ4v) is 2.45. The second-order valence-corrected chi connectivity index (χ2v) is 5.07. The average molecular weight is 361 g/mol. The highest BCUT2D eigenvalue weighted by molar-refractivity contribution is 5.89. The van der Waals surface area contributed by atoms with Crippen LogP contribution in [0.2, 0.25) is 0 Å². The van der Waals surface area contributed by atoms with Crippen LogP contribution in [0.15, 0.2) is 33.5 Å². The van der Waals surface area contributed by atoms with E-state index < -0.39 is 31.9 Å². The molecule has 0 aliphatic carbocycles. The van der Waals surface area contributed by atoms with E-state index >= 15 is 0 Å². The lowest BCUT2D eigenvalue weighted by molar-refractivity contribution is -0.389. The Kier molecular flexibility index (Phi) is 3.68. The number of rotatable bonds is 4. The van der Waals surface area contributed by atoms with Gasteiger partial charge in [0.1, 0.15) is 5.39 Å². The van der Waals surface area contributed by atoms with Gasteiger partial charge in [0, 0.05) is 12.1 Å². The molecule has 0 saturated carbocycles. The van der Waals surface area contributed by atoms with Gasteiger partial charge in [0.15, 0.2) is 0 Å². The number of non-ortho nitro benzene ring substituents is 1. The topological polar surface area (TPSA) is 177 Å². The van der Waals surface area contributed by atoms with Crippen LogP contribution in [0.4, 0.5) is 17.2 Å². The quantitative estimate of drug-likeness (QED) is 0.496. The molecule has 3 rings (SSSR count). The molecule has 0 N–H and O–H groups in total. The lowest BCUT2D eigenvalue weighted by atomic mass is 10.2. The molecule has 0 saturated heterocycles. The van der Waals surface area contributed by atoms with Crippen molar-refractivity contribution in [3.63, 3.8) is 0 Å². The molecule has 13 heteroatoms. The van der Waals surface area contributed by atoms with Gasteiger partial charge in [-0.1, -0.05) is 0 Å². The fourth-order valence-electron chi connectivity index (χ4n) is 2.45. The van der Waals surface area contributed by atoms with E-state index in [0.717, 1.165) is 16.8 Å². The molecule has 2 aromatic heterocycles. The zero-order chi connectivity index (χ0) is 19.2. The third kappa shape index (κ3) is 2.43. The Bertz CT molecular complexity index is 1140. The number of fused-ring (bicyclic) bond motifs is 1. The molecule has 0 fully saturated rings. The number of aryl methyl sites for hydroxylation is 1. The summed E-state index contributed by atoms with van der Waals surface area (Å²) in [7, 11) is 0. The molecule has 2 heterocycles. The van der Waals surface area contributed by atoms with Crippen LogP contribution in [0.25, 0.3) is 16.8 Å². The Labute approximate surface area is 141 Å². The van der Waals surface area contributed by atoms with Gasteiger partial charge in [-0.15, -0.1) is 4.68 Å². The summed E-state index contributed by atoms with van der Waals surface area (Å²) in [6.07, 6.45) is 0. The second kappa shape index (κ2) is 5.73. The van der Waals surface area contributed by atoms with Crippen molar-refractivity contribution < 1.29 is 19.2 Å². The van der Waals surface area contributed by atoms with Crippen LogP contribution in [0.3, 0.4) is 0 Å². The normalized spacial score (nSPS) is 10.8. The molecule has 0 amide bonds. The van der Waals surface area contributed by atoms with Gasteiger partial charge in [-0.05, 0) is 24.0 Å². The van der Waals surface area contributed by atoms with Gasteiger partial charge in [-0.2, -0.15) is 0 Å². The molecule has 3 aromatic rings. The van der Waals surface area contributed by atoms with Crippen molar-refractivity contribution in [3.8, 4) is 5.69 Å². The van der Waals surface area contributed by atoms with Crippen molar-refractivity contribution in [1.82, 2.24) is 9.78 Å². The van der Waals surface area contributed by atoms with E-state index in [9.17, 15) is 35.1 Å². The standard InChI is InChI=1S/C13H7N5O8/c1-6-9-11(18(24)25)14-15(7-2-4-8(5-3-7)16(20)21)12(9)26-13(19)10(6)17(22)23/h2-5H,1H3. The number of nitro benzene ring substituents is 1. The van der Waals surface area contributed by atoms with E-state index in [0.29, 0.717) is 0 Å². The highest BCUT2D eigenvalue weighted by atomic mass is 16.6. The molecule has 1 aromatic carbocycles. The number of nitro groups is 3. The van der Waals surface area contributed by atoms with Crippen LogP contribution in [0.1, 0.15) is 5.56 Å². The molecule has 0 aliphatic heterocycles. The molecule has 0 aliphatic rings. The lowest BCUT2D eigenvalue weighted by Gasteiger charge is -1.99. The Morgan fingerprint density at radius 2 is 1.62 bits per heavy atom. The first-order valence-electron chi connectivity index (χ1n) is 6.82. The van der Waals surface area contributed by atoms with Crippen molar-refractivity contribution >= 4 is 28.3 Å². The smallest absolute Gasteiger partial charge is 0.396 e. The van der Waals surface area contributed by atoms with E-state index in [1.165, 1.54) is 19.1 Å². The molecule has 13 nitrogen and oxygen atoms in total. The first kappa shape index (κ1) is 16.7. The summed E-state index contributed by atoms with van der Waals surface area (Å²) in [6, 6.07) is 4.74. The van der Waals surface area contributed by atoms with Crippen LogP contribution < -0.4 is 5.63 Å². The zero-order valence-electron chi connectivity index (χ0n) is 12.8. The van der Waals surface area contributed by atoms with Crippen molar-refractivity contribution in [1.29, 1.82) is 0 Å². The summed E-state index contributed by atoms with van der Waals surface area (Å²) in [4.78, 5) is 42.4. The number of hydrogen-bond acceptors (Lipinski definition) is 9. The van der Waals surface area contributed by atoms with Crippen LogP contribution in [-0.4, -0.2) is 24.6 Å². The van der Waals surface area contributed by atoms with Gasteiger partial charge < -0.3 is 14.5 Å². The lowest BCUT2D eigenvalue weighted by Crippen LogP contribution is -2.10. The van der Waals surface area contributed by atoms with Gasteiger partial charge in [-0.3, -0.25) is 20.2 Å². The summed E-state index contributed by atoms with van der Waals surface area (Å²) in [5.74, 6) is -0.747. The molecule has 132 valence electrons. The van der Waals surface area contributed by atoms with Crippen LogP contribution in [-0.2, 0) is 0 Å². The van der Waals surface area contributed by atoms with E-state index in [1.54, 1.807) is 0 Å². The minimum atomic E-state index is -1.29. The maximum absolute atomic E-state index is 11.9. The predicted molar refractivity (Wildman–Crippen MR) is 84.3 cm³/mol. The summed E-state index contributed by atoms with van der Waals surface area (Å²) in [5, 5.41) is 36.4. The van der Waals surface area contributed by atoms with Crippen molar-refractivity contribution in [2.45, 2.75) is 6.92 Å². The average Bonchev–Trinajstić information content (AvgIpc) is 2.94. The van der Waals surface area contributed by atoms with Crippen molar-refractivity contribution in [2.24, 2.45) is 0 Å². The van der Waals surface area contributed by atoms with Crippen molar-refractivity contribution in [2.75, 3.05) is 0 Å². The molecule has 0 unspecified atom stereocenters. The molecule has 0 radical (unpaired) electrons. The van der Waals surface area contributed by atoms with E-state index in [2.05, 4.69) is 5.10 Å². The maximum atomic E-state index is 11.9. The molecule has 26 heavy (non-hydrogen) atoms. The van der Waals surface area contributed by atoms with Crippen LogP contribution in [0.5, 0.6) is 0 Å². The fraction of sp³-hybridized carbons (Fsp3) is 0.0769. The third-order valence-electron chi connectivity index (χ3n) is 3.60. The van der Waals surface area contributed by atoms with Gasteiger partial charge in [0.25, 0.3) is 11.4 Å². The number of hydrogen-bond donors (Lipinski definition) is 0. The van der Waals surface area contributed by atoms with Gasteiger partial charge in [-0.25, -0.2) is 4.79 Å². The Morgan fingerprint density at radius 1 is 1.00 bits per heavy atom. The molecule has 0 atom stereocenters. The van der Waals surface area contributed by atoms with E-state index in [-0.39, 0.29) is 28.0 Å². The number of aromatic nitrogens is 2. The first-order chi connectivity index (χ1) is 12.2. The summed E-state index contributed by atoms with van der Waals surface area (Å²) in [5.41, 5.74) is -2.96. The zero-order valence-corrected chi connectivity index (χ0v) is 12.8. The largest absolute Gasteiger partial charge is 0.416 e. The molecule has 0 bridgehead atoms. The Balaban J connectivity index is 2.37. The number of nitrogens with zero attached hydrogens (tertiary/aromatic N) is 5. The summed E-state index contributed by atoms with van der Waals surface area (Å²) >= 11 is 0. The highest BCUT2D eigenvalue weighted by Gasteiger charge is 2.33. The minimum absolute atomic E-state index is 0.130. The minimum Gasteiger partial charge on any atom is -0.396 e. The van der Waals surface area contributed by atoms with E-state index in [4.69, 9.17) is 4.42 Å². The number of benzene rings is 1. The second-order valence-electron chi connectivity index (χ2n) is 5.07.